The summed E-state index contributed by atoms with van der Waals surface area (Å²) in [6.45, 7) is 9.18. The lowest BCUT2D eigenvalue weighted by molar-refractivity contribution is -0.00834. The number of urea groups is 1. The minimum Gasteiger partial charge on any atom is -0.497 e. The number of rotatable bonds is 9. The molecule has 0 radical (unpaired) electrons. The molecule has 50 heavy (non-hydrogen) atoms. The highest BCUT2D eigenvalue weighted by molar-refractivity contribution is 7.89. The van der Waals surface area contributed by atoms with Gasteiger partial charge in [-0.25, -0.2) is 13.2 Å². The quantitative estimate of drug-likeness (QED) is 0.272. The van der Waals surface area contributed by atoms with E-state index in [0.717, 1.165) is 12.8 Å². The number of nitrogens with zero attached hydrogens (tertiary/aromatic N) is 3. The van der Waals surface area contributed by atoms with Gasteiger partial charge < -0.3 is 39.4 Å². The Morgan fingerprint density at radius 2 is 1.86 bits per heavy atom. The summed E-state index contributed by atoms with van der Waals surface area (Å²) < 4.78 is 51.2. The molecule has 4 rings (SSSR count). The summed E-state index contributed by atoms with van der Waals surface area (Å²) in [4.78, 5) is 29.0. The predicted molar refractivity (Wildman–Crippen MR) is 188 cm³/mol. The number of nitrogens with one attached hydrogen (secondary N) is 2. The van der Waals surface area contributed by atoms with Crippen LogP contribution < -0.4 is 20.1 Å². The molecule has 274 valence electrons. The van der Waals surface area contributed by atoms with Gasteiger partial charge in [0.05, 0.1) is 42.4 Å². The van der Waals surface area contributed by atoms with E-state index in [1.54, 1.807) is 51.1 Å². The minimum absolute atomic E-state index is 0.0372. The monoisotopic (exact) mass is 715 g/mol. The van der Waals surface area contributed by atoms with Crippen molar-refractivity contribution in [3.63, 3.8) is 0 Å². The van der Waals surface area contributed by atoms with Crippen molar-refractivity contribution in [2.24, 2.45) is 5.92 Å². The van der Waals surface area contributed by atoms with Crippen LogP contribution in [0.25, 0.3) is 0 Å². The highest BCUT2D eigenvalue weighted by Crippen LogP contribution is 2.29. The van der Waals surface area contributed by atoms with E-state index in [-0.39, 0.29) is 42.2 Å². The zero-order valence-electron chi connectivity index (χ0n) is 29.8. The van der Waals surface area contributed by atoms with Crippen molar-refractivity contribution < 1.29 is 41.8 Å². The van der Waals surface area contributed by atoms with E-state index in [2.05, 4.69) is 15.8 Å². The number of sulfonamides is 1. The van der Waals surface area contributed by atoms with Crippen LogP contribution in [0.3, 0.4) is 0 Å². The van der Waals surface area contributed by atoms with Gasteiger partial charge in [0.15, 0.2) is 5.76 Å². The molecule has 15 heteroatoms. The number of hydrogen-bond donors (Lipinski definition) is 3. The second-order valence-electron chi connectivity index (χ2n) is 12.8. The molecule has 4 atom stereocenters. The summed E-state index contributed by atoms with van der Waals surface area (Å²) in [5, 5.41) is 19.6. The van der Waals surface area contributed by atoms with E-state index in [1.807, 2.05) is 13.8 Å². The smallest absolute Gasteiger partial charge is 0.323 e. The van der Waals surface area contributed by atoms with Crippen molar-refractivity contribution >= 4 is 33.3 Å². The SMILES string of the molecule is COc1ccc(S(=O)(=O)N(C)C[C@H]2OCCCC[C@H](C)Oc3ccc(NC(=O)Nc4c(C)noc4C)cc3C(=O)N([C@@H](C)CO)C[C@H]2C)cc1. The molecule has 0 bridgehead atoms. The number of aliphatic hydroxyl groups is 1. The Bertz CT molecular complexity index is 1690. The molecular weight excluding hydrogens is 666 g/mol. The van der Waals surface area contributed by atoms with Gasteiger partial charge >= 0.3 is 6.03 Å². The molecule has 2 heterocycles. The van der Waals surface area contributed by atoms with E-state index < -0.39 is 34.1 Å². The fourth-order valence-electron chi connectivity index (χ4n) is 5.68. The summed E-state index contributed by atoms with van der Waals surface area (Å²) >= 11 is 0. The second kappa shape index (κ2) is 17.2. The molecule has 3 amide bonds. The molecule has 0 unspecified atom stereocenters. The van der Waals surface area contributed by atoms with Crippen molar-refractivity contribution in [3.8, 4) is 11.5 Å². The number of amides is 3. The van der Waals surface area contributed by atoms with E-state index in [4.69, 9.17) is 18.7 Å². The number of aliphatic hydroxyl groups excluding tert-OH is 1. The van der Waals surface area contributed by atoms with Crippen molar-refractivity contribution in [3.05, 3.63) is 59.5 Å². The Hall–Kier alpha value is -4.18. The van der Waals surface area contributed by atoms with Gasteiger partial charge in [0.25, 0.3) is 5.91 Å². The molecule has 1 aliphatic rings. The number of benzene rings is 2. The number of fused-ring (bicyclic) bond motifs is 1. The number of likely N-dealkylation sites (N-methyl/N-ethyl adjacent to an activating group) is 1. The van der Waals surface area contributed by atoms with Crippen LogP contribution in [0.4, 0.5) is 16.2 Å². The lowest BCUT2D eigenvalue weighted by atomic mass is 10.0. The Kier molecular flexibility index (Phi) is 13.3. The first kappa shape index (κ1) is 38.6. The fraction of sp³-hybridized carbons (Fsp3) is 0.514. The number of aryl methyl sites for hydroxylation is 2. The molecule has 3 N–H and O–H groups in total. The lowest BCUT2D eigenvalue weighted by Crippen LogP contribution is -2.48. The molecular formula is C35H49N5O9S. The van der Waals surface area contributed by atoms with Crippen LogP contribution >= 0.6 is 0 Å². The Morgan fingerprint density at radius 3 is 2.50 bits per heavy atom. The van der Waals surface area contributed by atoms with Gasteiger partial charge in [-0.2, -0.15) is 4.31 Å². The Labute approximate surface area is 294 Å². The van der Waals surface area contributed by atoms with E-state index in [9.17, 15) is 23.1 Å². The third-order valence-electron chi connectivity index (χ3n) is 8.79. The van der Waals surface area contributed by atoms with Gasteiger partial charge in [-0.1, -0.05) is 12.1 Å². The summed E-state index contributed by atoms with van der Waals surface area (Å²) in [5.41, 5.74) is 1.52. The largest absolute Gasteiger partial charge is 0.497 e. The van der Waals surface area contributed by atoms with Gasteiger partial charge in [-0.3, -0.25) is 4.79 Å². The highest BCUT2D eigenvalue weighted by atomic mass is 32.2. The van der Waals surface area contributed by atoms with Gasteiger partial charge in [0, 0.05) is 38.3 Å². The van der Waals surface area contributed by atoms with Crippen LogP contribution in [-0.2, 0) is 14.8 Å². The first-order valence-corrected chi connectivity index (χ1v) is 18.1. The lowest BCUT2D eigenvalue weighted by Gasteiger charge is -2.35. The van der Waals surface area contributed by atoms with Crippen LogP contribution in [0.2, 0.25) is 0 Å². The van der Waals surface area contributed by atoms with Gasteiger partial charge in [0.1, 0.15) is 22.9 Å². The molecule has 0 spiro atoms. The maximum atomic E-state index is 14.4. The van der Waals surface area contributed by atoms with Crippen molar-refractivity contribution in [1.29, 1.82) is 0 Å². The van der Waals surface area contributed by atoms with Crippen LogP contribution in [0.5, 0.6) is 11.5 Å². The van der Waals surface area contributed by atoms with Crippen LogP contribution in [-0.4, -0.2) is 98.5 Å². The number of carbonyl (C=O) groups excluding carboxylic acids is 2. The van der Waals surface area contributed by atoms with E-state index >= 15 is 0 Å². The topological polar surface area (TPSA) is 173 Å². The number of anilines is 2. The highest BCUT2D eigenvalue weighted by Gasteiger charge is 2.32. The molecule has 0 saturated carbocycles. The Morgan fingerprint density at radius 1 is 1.14 bits per heavy atom. The molecule has 0 saturated heterocycles. The number of methoxy groups -OCH3 is 1. The standard InChI is InChI=1S/C35H49N5O9S/c1-22-19-40(23(2)21-41)34(42)30-18-27(36-35(43)37-33-25(4)38-49-26(33)5)11-16-31(30)48-24(3)10-8-9-17-47-32(22)20-39(6)50(44,45)29-14-12-28(46-7)13-15-29/h11-16,18,22-24,32,41H,8-10,17,19-21H2,1-7H3,(H2,36,37,43)/t22-,23+,24+,32-/m1/s1. The molecule has 0 aliphatic carbocycles. The van der Waals surface area contributed by atoms with Crippen molar-refractivity contribution in [2.75, 3.05) is 51.1 Å². The molecule has 1 aromatic heterocycles. The van der Waals surface area contributed by atoms with Crippen LogP contribution in [0.1, 0.15) is 61.8 Å². The zero-order valence-corrected chi connectivity index (χ0v) is 30.6. The Balaban J connectivity index is 1.62. The fourth-order valence-corrected chi connectivity index (χ4v) is 6.86. The number of carbonyl (C=O) groups is 2. The first-order chi connectivity index (χ1) is 23.7. The predicted octanol–water partition coefficient (Wildman–Crippen LogP) is 5.06. The normalized spacial score (nSPS) is 20.0. The summed E-state index contributed by atoms with van der Waals surface area (Å²) in [5.74, 6) is 0.563. The second-order valence-corrected chi connectivity index (χ2v) is 14.8. The zero-order chi connectivity index (χ0) is 36.6. The third-order valence-corrected chi connectivity index (χ3v) is 10.6. The van der Waals surface area contributed by atoms with E-state index in [1.165, 1.54) is 35.5 Å². The maximum Gasteiger partial charge on any atom is 0.323 e. The molecule has 14 nitrogen and oxygen atoms in total. The number of aromatic nitrogens is 1. The minimum atomic E-state index is -3.86. The summed E-state index contributed by atoms with van der Waals surface area (Å²) in [6, 6.07) is 9.87. The van der Waals surface area contributed by atoms with Gasteiger partial charge in [0.2, 0.25) is 10.0 Å². The number of hydrogen-bond acceptors (Lipinski definition) is 10. The van der Waals surface area contributed by atoms with Gasteiger partial charge in [-0.05, 0) is 89.4 Å². The average Bonchev–Trinajstić information content (AvgIpc) is 3.41. The first-order valence-electron chi connectivity index (χ1n) is 16.7. The average molecular weight is 716 g/mol. The van der Waals surface area contributed by atoms with Crippen molar-refractivity contribution in [2.45, 2.75) is 77.0 Å². The molecule has 1 aliphatic heterocycles. The van der Waals surface area contributed by atoms with E-state index in [0.29, 0.717) is 47.4 Å². The molecule has 0 fully saturated rings. The van der Waals surface area contributed by atoms with Crippen LogP contribution in [0, 0.1) is 19.8 Å². The summed E-state index contributed by atoms with van der Waals surface area (Å²) in [7, 11) is -0.847. The van der Waals surface area contributed by atoms with Crippen molar-refractivity contribution in [1.82, 2.24) is 14.4 Å². The molecule has 2 aromatic carbocycles. The number of ether oxygens (including phenoxy) is 3. The van der Waals surface area contributed by atoms with Crippen LogP contribution in [0.15, 0.2) is 51.9 Å². The maximum absolute atomic E-state index is 14.4. The molecule has 3 aromatic rings. The third kappa shape index (κ3) is 9.53. The summed E-state index contributed by atoms with van der Waals surface area (Å²) in [6.07, 6.45) is 1.36. The van der Waals surface area contributed by atoms with Gasteiger partial charge in [-0.15, -0.1) is 0 Å².